The van der Waals surface area contributed by atoms with Crippen molar-refractivity contribution in [2.45, 2.75) is 45.6 Å². The van der Waals surface area contributed by atoms with E-state index in [9.17, 15) is 4.79 Å². The lowest BCUT2D eigenvalue weighted by Crippen LogP contribution is -2.44. The predicted octanol–water partition coefficient (Wildman–Crippen LogP) is 1.96. The Morgan fingerprint density at radius 1 is 1.12 bits per heavy atom. The Morgan fingerprint density at radius 2 is 1.69 bits per heavy atom. The van der Waals surface area contributed by atoms with E-state index in [1.54, 1.807) is 0 Å². The van der Waals surface area contributed by atoms with Crippen LogP contribution in [0.15, 0.2) is 0 Å². The van der Waals surface area contributed by atoms with Gasteiger partial charge in [0.2, 0.25) is 0 Å². The molecule has 3 nitrogen and oxygen atoms in total. The van der Waals surface area contributed by atoms with Crippen LogP contribution in [0.25, 0.3) is 0 Å². The zero-order valence-corrected chi connectivity index (χ0v) is 10.6. The summed E-state index contributed by atoms with van der Waals surface area (Å²) in [5.41, 5.74) is -0.345. The van der Waals surface area contributed by atoms with Gasteiger partial charge in [0.05, 0.1) is 5.92 Å². The summed E-state index contributed by atoms with van der Waals surface area (Å²) in [7, 11) is 0. The Hall–Kier alpha value is -0.570. The summed E-state index contributed by atoms with van der Waals surface area (Å²) in [4.78, 5) is 12.0. The van der Waals surface area contributed by atoms with E-state index in [-0.39, 0.29) is 17.5 Å². The molecule has 2 unspecified atom stereocenters. The molecule has 3 heteroatoms. The second-order valence-corrected chi connectivity index (χ2v) is 6.33. The van der Waals surface area contributed by atoms with Crippen molar-refractivity contribution < 1.29 is 9.53 Å². The smallest absolute Gasteiger partial charge is 0.309 e. The molecule has 1 aliphatic heterocycles. The maximum Gasteiger partial charge on any atom is 0.309 e. The zero-order chi connectivity index (χ0) is 11.8. The van der Waals surface area contributed by atoms with E-state index in [0.29, 0.717) is 11.8 Å². The van der Waals surface area contributed by atoms with Gasteiger partial charge in [-0.15, -0.1) is 0 Å². The number of hydrogen-bond acceptors (Lipinski definition) is 3. The highest BCUT2D eigenvalue weighted by molar-refractivity contribution is 5.73. The second kappa shape index (κ2) is 4.36. The summed E-state index contributed by atoms with van der Waals surface area (Å²) in [5, 5.41) is 3.44. The van der Waals surface area contributed by atoms with Gasteiger partial charge in [0, 0.05) is 0 Å². The van der Waals surface area contributed by atoms with E-state index in [4.69, 9.17) is 4.74 Å². The van der Waals surface area contributed by atoms with Gasteiger partial charge < -0.3 is 10.1 Å². The van der Waals surface area contributed by atoms with Crippen LogP contribution in [0.1, 0.15) is 40.0 Å². The quantitative estimate of drug-likeness (QED) is 0.693. The molecule has 0 spiro atoms. The van der Waals surface area contributed by atoms with Crippen molar-refractivity contribution in [2.24, 2.45) is 17.8 Å². The predicted molar refractivity (Wildman–Crippen MR) is 63.0 cm³/mol. The van der Waals surface area contributed by atoms with Crippen molar-refractivity contribution in [3.05, 3.63) is 0 Å². The third kappa shape index (κ3) is 2.97. The highest BCUT2D eigenvalue weighted by Gasteiger charge is 2.36. The summed E-state index contributed by atoms with van der Waals surface area (Å²) in [6, 6.07) is 0. The van der Waals surface area contributed by atoms with Gasteiger partial charge in [-0.05, 0) is 65.0 Å². The van der Waals surface area contributed by atoms with Gasteiger partial charge in [0.15, 0.2) is 0 Å². The SMILES string of the molecule is CC(C)(C)OC(=O)C1CC2CNCC(C2)C1. The van der Waals surface area contributed by atoms with Crippen molar-refractivity contribution in [1.82, 2.24) is 5.32 Å². The molecule has 1 saturated heterocycles. The number of carbonyl (C=O) groups is 1. The van der Waals surface area contributed by atoms with Crippen LogP contribution in [-0.2, 0) is 9.53 Å². The lowest BCUT2D eigenvalue weighted by Gasteiger charge is -2.39. The fraction of sp³-hybridized carbons (Fsp3) is 0.923. The number of carbonyl (C=O) groups excluding carboxylic acids is 1. The molecule has 0 radical (unpaired) electrons. The summed E-state index contributed by atoms with van der Waals surface area (Å²) >= 11 is 0. The van der Waals surface area contributed by atoms with Crippen molar-refractivity contribution in [1.29, 1.82) is 0 Å². The van der Waals surface area contributed by atoms with Gasteiger partial charge in [-0.3, -0.25) is 4.79 Å². The molecule has 2 aliphatic rings. The number of fused-ring (bicyclic) bond motifs is 2. The lowest BCUT2D eigenvalue weighted by atomic mass is 9.73. The van der Waals surface area contributed by atoms with Crippen molar-refractivity contribution in [3.8, 4) is 0 Å². The third-order valence-corrected chi connectivity index (χ3v) is 3.51. The molecular weight excluding hydrogens is 202 g/mol. The average Bonchev–Trinajstić information content (AvgIpc) is 2.14. The van der Waals surface area contributed by atoms with Crippen LogP contribution in [0, 0.1) is 17.8 Å². The molecule has 0 aromatic carbocycles. The van der Waals surface area contributed by atoms with Gasteiger partial charge in [-0.2, -0.15) is 0 Å². The van der Waals surface area contributed by atoms with Crippen LogP contribution in [0.2, 0.25) is 0 Å². The van der Waals surface area contributed by atoms with E-state index in [2.05, 4.69) is 5.32 Å². The van der Waals surface area contributed by atoms with Crippen LogP contribution in [-0.4, -0.2) is 24.7 Å². The van der Waals surface area contributed by atoms with Crippen LogP contribution in [0.5, 0.6) is 0 Å². The van der Waals surface area contributed by atoms with Crippen LogP contribution < -0.4 is 5.32 Å². The topological polar surface area (TPSA) is 38.3 Å². The maximum absolute atomic E-state index is 12.0. The number of esters is 1. The van der Waals surface area contributed by atoms with Gasteiger partial charge in [-0.1, -0.05) is 0 Å². The normalized spacial score (nSPS) is 34.6. The van der Waals surface area contributed by atoms with E-state index in [1.165, 1.54) is 6.42 Å². The first-order chi connectivity index (χ1) is 7.44. The Labute approximate surface area is 97.9 Å². The number of ether oxygens (including phenoxy) is 1. The molecule has 1 N–H and O–H groups in total. The molecule has 92 valence electrons. The highest BCUT2D eigenvalue weighted by atomic mass is 16.6. The molecule has 0 aromatic heterocycles. The number of nitrogens with one attached hydrogen (secondary N) is 1. The van der Waals surface area contributed by atoms with Crippen LogP contribution in [0.3, 0.4) is 0 Å². The Kier molecular flexibility index (Phi) is 3.24. The fourth-order valence-electron chi connectivity index (χ4n) is 2.97. The summed E-state index contributed by atoms with van der Waals surface area (Å²) in [6.45, 7) is 7.98. The minimum absolute atomic E-state index is 0.0177. The minimum atomic E-state index is -0.345. The Morgan fingerprint density at radius 3 is 2.19 bits per heavy atom. The van der Waals surface area contributed by atoms with Crippen molar-refractivity contribution in [3.63, 3.8) is 0 Å². The zero-order valence-electron chi connectivity index (χ0n) is 10.6. The standard InChI is InChI=1S/C13H23NO2/c1-13(2,3)16-12(15)11-5-9-4-10(6-11)8-14-7-9/h9-11,14H,4-8H2,1-3H3. The lowest BCUT2D eigenvalue weighted by molar-refractivity contribution is -0.162. The first-order valence-corrected chi connectivity index (χ1v) is 6.37. The van der Waals surface area contributed by atoms with Crippen molar-refractivity contribution >= 4 is 5.97 Å². The Balaban J connectivity index is 1.92. The average molecular weight is 225 g/mol. The first kappa shape index (κ1) is 11.9. The molecular formula is C13H23NO2. The summed E-state index contributed by atoms with van der Waals surface area (Å²) in [5.74, 6) is 1.53. The molecule has 2 rings (SSSR count). The van der Waals surface area contributed by atoms with Gasteiger partial charge in [0.1, 0.15) is 5.60 Å². The van der Waals surface area contributed by atoms with E-state index >= 15 is 0 Å². The molecule has 2 bridgehead atoms. The van der Waals surface area contributed by atoms with Gasteiger partial charge in [-0.25, -0.2) is 0 Å². The number of piperidine rings is 1. The summed E-state index contributed by atoms with van der Waals surface area (Å²) in [6.07, 6.45) is 3.32. The van der Waals surface area contributed by atoms with Gasteiger partial charge >= 0.3 is 5.97 Å². The largest absolute Gasteiger partial charge is 0.460 e. The molecule has 2 atom stereocenters. The van der Waals surface area contributed by atoms with Crippen molar-refractivity contribution in [2.75, 3.05) is 13.1 Å². The molecule has 16 heavy (non-hydrogen) atoms. The van der Waals surface area contributed by atoms with Gasteiger partial charge in [0.25, 0.3) is 0 Å². The minimum Gasteiger partial charge on any atom is -0.460 e. The van der Waals surface area contributed by atoms with E-state index in [0.717, 1.165) is 25.9 Å². The molecule has 2 fully saturated rings. The molecule has 0 aromatic rings. The monoisotopic (exact) mass is 225 g/mol. The molecule has 0 amide bonds. The van der Waals surface area contributed by atoms with E-state index < -0.39 is 0 Å². The third-order valence-electron chi connectivity index (χ3n) is 3.51. The van der Waals surface area contributed by atoms with Crippen LogP contribution in [0.4, 0.5) is 0 Å². The summed E-state index contributed by atoms with van der Waals surface area (Å²) < 4.78 is 5.48. The van der Waals surface area contributed by atoms with E-state index in [1.807, 2.05) is 20.8 Å². The Bertz CT molecular complexity index is 258. The second-order valence-electron chi connectivity index (χ2n) is 6.33. The fourth-order valence-corrected chi connectivity index (χ4v) is 2.97. The highest BCUT2D eigenvalue weighted by Crippen LogP contribution is 2.36. The number of rotatable bonds is 1. The van der Waals surface area contributed by atoms with Crippen LogP contribution >= 0.6 is 0 Å². The first-order valence-electron chi connectivity index (χ1n) is 6.37. The molecule has 1 aliphatic carbocycles. The maximum atomic E-state index is 12.0. The molecule has 1 heterocycles. The molecule has 1 saturated carbocycles. The number of hydrogen-bond donors (Lipinski definition) is 1.